The molecule has 0 radical (unpaired) electrons. The molecule has 0 unspecified atom stereocenters. The molecule has 0 saturated carbocycles. The summed E-state index contributed by atoms with van der Waals surface area (Å²) in [7, 11) is 0. The summed E-state index contributed by atoms with van der Waals surface area (Å²) in [6.45, 7) is 0. The molecule has 0 atom stereocenters. The molecular formula is C17H12BrN. The summed E-state index contributed by atoms with van der Waals surface area (Å²) in [5, 5.41) is 2.39. The molecule has 92 valence electrons. The van der Waals surface area contributed by atoms with Crippen LogP contribution in [0.1, 0.15) is 5.56 Å². The fourth-order valence-electron chi connectivity index (χ4n) is 2.01. The lowest BCUT2D eigenvalue weighted by Gasteiger charge is -2.01. The fourth-order valence-corrected chi connectivity index (χ4v) is 2.28. The number of halogens is 1. The second-order valence-corrected chi connectivity index (χ2v) is 5.22. The molecule has 3 rings (SSSR count). The van der Waals surface area contributed by atoms with Crippen molar-refractivity contribution in [1.82, 2.24) is 0 Å². The van der Waals surface area contributed by atoms with Crippen LogP contribution in [0.2, 0.25) is 0 Å². The molecule has 0 spiro atoms. The molecule has 3 aromatic carbocycles. The highest BCUT2D eigenvalue weighted by atomic mass is 79.9. The maximum Gasteiger partial charge on any atom is 0.0708 e. The highest BCUT2D eigenvalue weighted by Gasteiger charge is 1.97. The van der Waals surface area contributed by atoms with E-state index >= 15 is 0 Å². The Hall–Kier alpha value is -1.93. The molecule has 1 nitrogen and oxygen atoms in total. The number of fused-ring (bicyclic) bond motifs is 1. The topological polar surface area (TPSA) is 12.4 Å². The Bertz CT molecular complexity index is 724. The lowest BCUT2D eigenvalue weighted by atomic mass is 10.1. The zero-order valence-corrected chi connectivity index (χ0v) is 11.8. The largest absolute Gasteiger partial charge is 0.256 e. The maximum absolute atomic E-state index is 4.59. The first-order valence-electron chi connectivity index (χ1n) is 6.10. The summed E-state index contributed by atoms with van der Waals surface area (Å²) >= 11 is 3.43. The maximum atomic E-state index is 4.59. The van der Waals surface area contributed by atoms with Crippen LogP contribution in [0.25, 0.3) is 10.8 Å². The Morgan fingerprint density at radius 3 is 2.37 bits per heavy atom. The van der Waals surface area contributed by atoms with Gasteiger partial charge in [-0.1, -0.05) is 64.5 Å². The Morgan fingerprint density at radius 2 is 1.53 bits per heavy atom. The molecule has 0 fully saturated rings. The standard InChI is InChI=1S/C17H12BrN/c18-15-10-8-13(9-11-15)12-19-17-7-3-5-14-4-1-2-6-16(14)17/h1-12H. The van der Waals surface area contributed by atoms with Gasteiger partial charge in [0.15, 0.2) is 0 Å². The summed E-state index contributed by atoms with van der Waals surface area (Å²) in [5.74, 6) is 0. The van der Waals surface area contributed by atoms with Crippen LogP contribution in [-0.4, -0.2) is 6.21 Å². The van der Waals surface area contributed by atoms with Crippen molar-refractivity contribution >= 4 is 38.6 Å². The molecule has 0 aliphatic carbocycles. The zero-order chi connectivity index (χ0) is 13.1. The highest BCUT2D eigenvalue weighted by Crippen LogP contribution is 2.25. The summed E-state index contributed by atoms with van der Waals surface area (Å²) in [6, 6.07) is 22.6. The Balaban J connectivity index is 1.99. The predicted octanol–water partition coefficient (Wildman–Crippen LogP) is 5.35. The Kier molecular flexibility index (Phi) is 3.43. The first-order chi connectivity index (χ1) is 9.33. The fraction of sp³-hybridized carbons (Fsp3) is 0. The number of benzene rings is 3. The number of nitrogens with zero attached hydrogens (tertiary/aromatic N) is 1. The Labute approximate surface area is 120 Å². The molecule has 0 saturated heterocycles. The van der Waals surface area contributed by atoms with Gasteiger partial charge in [-0.25, -0.2) is 0 Å². The van der Waals surface area contributed by atoms with Crippen LogP contribution in [-0.2, 0) is 0 Å². The predicted molar refractivity (Wildman–Crippen MR) is 85.3 cm³/mol. The van der Waals surface area contributed by atoms with Crippen molar-refractivity contribution in [1.29, 1.82) is 0 Å². The van der Waals surface area contributed by atoms with Gasteiger partial charge in [0, 0.05) is 16.1 Å². The number of hydrogen-bond acceptors (Lipinski definition) is 1. The van der Waals surface area contributed by atoms with Crippen LogP contribution < -0.4 is 0 Å². The van der Waals surface area contributed by atoms with E-state index in [0.29, 0.717) is 0 Å². The monoisotopic (exact) mass is 309 g/mol. The van der Waals surface area contributed by atoms with Crippen molar-refractivity contribution in [2.24, 2.45) is 4.99 Å². The summed E-state index contributed by atoms with van der Waals surface area (Å²) in [6.07, 6.45) is 1.90. The molecule has 0 aromatic heterocycles. The third-order valence-corrected chi connectivity index (χ3v) is 3.52. The van der Waals surface area contributed by atoms with Gasteiger partial charge in [0.1, 0.15) is 0 Å². The molecular weight excluding hydrogens is 298 g/mol. The summed E-state index contributed by atoms with van der Waals surface area (Å²) in [5.41, 5.74) is 2.09. The molecule has 3 aromatic rings. The van der Waals surface area contributed by atoms with Crippen molar-refractivity contribution < 1.29 is 0 Å². The smallest absolute Gasteiger partial charge is 0.0708 e. The third-order valence-electron chi connectivity index (χ3n) is 2.99. The van der Waals surface area contributed by atoms with E-state index in [4.69, 9.17) is 0 Å². The molecule has 0 aliphatic rings. The molecule has 2 heteroatoms. The molecule has 0 aliphatic heterocycles. The minimum Gasteiger partial charge on any atom is -0.256 e. The van der Waals surface area contributed by atoms with Crippen LogP contribution in [0.4, 0.5) is 5.69 Å². The molecule has 0 N–H and O–H groups in total. The van der Waals surface area contributed by atoms with Gasteiger partial charge < -0.3 is 0 Å². The number of aliphatic imine (C=N–C) groups is 1. The van der Waals surface area contributed by atoms with E-state index in [9.17, 15) is 0 Å². The van der Waals surface area contributed by atoms with E-state index in [1.807, 2.05) is 54.7 Å². The summed E-state index contributed by atoms with van der Waals surface area (Å²) in [4.78, 5) is 4.59. The van der Waals surface area contributed by atoms with Gasteiger partial charge in [-0.3, -0.25) is 4.99 Å². The molecule has 0 amide bonds. The zero-order valence-electron chi connectivity index (χ0n) is 10.3. The van der Waals surface area contributed by atoms with Crippen molar-refractivity contribution in [2.45, 2.75) is 0 Å². The first kappa shape index (κ1) is 12.1. The Morgan fingerprint density at radius 1 is 0.789 bits per heavy atom. The van der Waals surface area contributed by atoms with E-state index in [2.05, 4.69) is 39.1 Å². The lowest BCUT2D eigenvalue weighted by Crippen LogP contribution is -1.80. The second kappa shape index (κ2) is 5.37. The van der Waals surface area contributed by atoms with Crippen LogP contribution in [0.3, 0.4) is 0 Å². The van der Waals surface area contributed by atoms with Gasteiger partial charge >= 0.3 is 0 Å². The normalized spacial score (nSPS) is 11.2. The second-order valence-electron chi connectivity index (χ2n) is 4.31. The van der Waals surface area contributed by atoms with E-state index in [1.54, 1.807) is 0 Å². The van der Waals surface area contributed by atoms with Crippen LogP contribution >= 0.6 is 15.9 Å². The van der Waals surface area contributed by atoms with Crippen LogP contribution in [0, 0.1) is 0 Å². The molecule has 19 heavy (non-hydrogen) atoms. The van der Waals surface area contributed by atoms with Gasteiger partial charge in [-0.15, -0.1) is 0 Å². The minimum atomic E-state index is 1.00. The van der Waals surface area contributed by atoms with Crippen molar-refractivity contribution in [3.63, 3.8) is 0 Å². The van der Waals surface area contributed by atoms with Gasteiger partial charge in [0.2, 0.25) is 0 Å². The average molecular weight is 310 g/mol. The van der Waals surface area contributed by atoms with Gasteiger partial charge in [0.05, 0.1) is 5.69 Å². The number of rotatable bonds is 2. The SMILES string of the molecule is Brc1ccc(C=Nc2cccc3ccccc23)cc1. The first-order valence-corrected chi connectivity index (χ1v) is 6.90. The third kappa shape index (κ3) is 2.74. The van der Waals surface area contributed by atoms with Crippen molar-refractivity contribution in [3.8, 4) is 0 Å². The summed E-state index contributed by atoms with van der Waals surface area (Å²) < 4.78 is 1.08. The van der Waals surface area contributed by atoms with E-state index in [0.717, 1.165) is 15.7 Å². The van der Waals surface area contributed by atoms with E-state index in [-0.39, 0.29) is 0 Å². The van der Waals surface area contributed by atoms with E-state index in [1.165, 1.54) is 10.8 Å². The van der Waals surface area contributed by atoms with Gasteiger partial charge in [-0.2, -0.15) is 0 Å². The highest BCUT2D eigenvalue weighted by molar-refractivity contribution is 9.10. The quantitative estimate of drug-likeness (QED) is 0.566. The van der Waals surface area contributed by atoms with Crippen molar-refractivity contribution in [3.05, 3.63) is 76.8 Å². The van der Waals surface area contributed by atoms with Crippen LogP contribution in [0.15, 0.2) is 76.2 Å². The number of hydrogen-bond donors (Lipinski definition) is 0. The van der Waals surface area contributed by atoms with Crippen LogP contribution in [0.5, 0.6) is 0 Å². The lowest BCUT2D eigenvalue weighted by molar-refractivity contribution is 1.55. The minimum absolute atomic E-state index is 1.00. The average Bonchev–Trinajstić information content (AvgIpc) is 2.47. The van der Waals surface area contributed by atoms with E-state index < -0.39 is 0 Å². The molecule has 0 bridgehead atoms. The van der Waals surface area contributed by atoms with Crippen molar-refractivity contribution in [2.75, 3.05) is 0 Å². The molecule has 0 heterocycles. The van der Waals surface area contributed by atoms with Gasteiger partial charge in [-0.05, 0) is 29.1 Å². The van der Waals surface area contributed by atoms with Gasteiger partial charge in [0.25, 0.3) is 0 Å².